The zero-order chi connectivity index (χ0) is 31.4. The molecule has 0 saturated heterocycles. The third-order valence-electron chi connectivity index (χ3n) is 7.33. The molecule has 1 aromatic heterocycles. The van der Waals surface area contributed by atoms with E-state index in [-0.39, 0.29) is 5.91 Å². The zero-order valence-electron chi connectivity index (χ0n) is 25.3. The first kappa shape index (κ1) is 31.9. The minimum atomic E-state index is -0.603. The highest BCUT2D eigenvalue weighted by Gasteiger charge is 2.35. The second kappa shape index (κ2) is 14.1. The SMILES string of the molecule is CCCCOc1c(Br)cc(C2C(C(=O)Nc3ccc(C)cc3C)=C(C)Nc3nc(SCc4ccccc4Cl)nn32)cc1OC. The van der Waals surface area contributed by atoms with Crippen LogP contribution < -0.4 is 20.1 Å². The van der Waals surface area contributed by atoms with E-state index in [1.165, 1.54) is 11.8 Å². The van der Waals surface area contributed by atoms with E-state index in [0.29, 0.717) is 51.3 Å². The van der Waals surface area contributed by atoms with E-state index in [0.717, 1.165) is 45.3 Å². The topological polar surface area (TPSA) is 90.3 Å². The Morgan fingerprint density at radius 1 is 1.16 bits per heavy atom. The maximum atomic E-state index is 14.1. The summed E-state index contributed by atoms with van der Waals surface area (Å²) in [6, 6.07) is 16.9. The highest BCUT2D eigenvalue weighted by Crippen LogP contribution is 2.43. The van der Waals surface area contributed by atoms with Crippen molar-refractivity contribution in [2.24, 2.45) is 0 Å². The van der Waals surface area contributed by atoms with E-state index >= 15 is 0 Å². The molecule has 2 N–H and O–H groups in total. The quantitative estimate of drug-likeness (QED) is 0.120. The van der Waals surface area contributed by atoms with Crippen molar-refractivity contribution >= 4 is 56.8 Å². The number of benzene rings is 3. The van der Waals surface area contributed by atoms with Crippen LogP contribution in [-0.4, -0.2) is 34.4 Å². The highest BCUT2D eigenvalue weighted by molar-refractivity contribution is 9.10. The summed E-state index contributed by atoms with van der Waals surface area (Å²) in [5, 5.41) is 12.6. The molecule has 1 atom stereocenters. The molecule has 230 valence electrons. The van der Waals surface area contributed by atoms with E-state index in [2.05, 4.69) is 33.5 Å². The molecule has 0 spiro atoms. The first-order valence-corrected chi connectivity index (χ1v) is 16.5. The van der Waals surface area contributed by atoms with Gasteiger partial charge < -0.3 is 20.1 Å². The lowest BCUT2D eigenvalue weighted by Crippen LogP contribution is -2.31. The van der Waals surface area contributed by atoms with Crippen molar-refractivity contribution in [2.75, 3.05) is 24.4 Å². The number of nitrogens with one attached hydrogen (secondary N) is 2. The molecule has 5 rings (SSSR count). The number of halogens is 2. The Morgan fingerprint density at radius 3 is 2.68 bits per heavy atom. The summed E-state index contributed by atoms with van der Waals surface area (Å²) in [5.74, 6) is 2.08. The van der Waals surface area contributed by atoms with Crippen LogP contribution in [0, 0.1) is 13.8 Å². The van der Waals surface area contributed by atoms with Gasteiger partial charge in [-0.1, -0.05) is 72.6 Å². The first-order valence-electron chi connectivity index (χ1n) is 14.4. The number of ether oxygens (including phenoxy) is 2. The first-order chi connectivity index (χ1) is 21.2. The largest absolute Gasteiger partial charge is 0.493 e. The number of anilines is 2. The van der Waals surface area contributed by atoms with E-state index in [4.69, 9.17) is 31.2 Å². The van der Waals surface area contributed by atoms with Crippen molar-refractivity contribution in [3.8, 4) is 11.5 Å². The molecule has 2 heterocycles. The number of rotatable bonds is 11. The van der Waals surface area contributed by atoms with Crippen LogP contribution >= 0.6 is 39.3 Å². The van der Waals surface area contributed by atoms with Crippen molar-refractivity contribution in [3.05, 3.63) is 97.6 Å². The standard InChI is InChI=1S/C33H35BrClN5O3S/c1-6-7-14-43-30-24(34)16-23(17-27(30)42-5)29-28(31(41)37-26-13-12-19(2)15-20(26)3)21(4)36-32-38-33(39-40(29)32)44-18-22-10-8-9-11-25(22)35/h8-13,15-17,29H,6-7,14,18H2,1-5H3,(H,37,41)(H,36,38,39). The summed E-state index contributed by atoms with van der Waals surface area (Å²) in [6.07, 6.45) is 1.94. The molecule has 11 heteroatoms. The summed E-state index contributed by atoms with van der Waals surface area (Å²) in [5.41, 5.74) is 5.83. The van der Waals surface area contributed by atoms with Gasteiger partial charge in [0, 0.05) is 22.2 Å². The zero-order valence-corrected chi connectivity index (χ0v) is 28.5. The van der Waals surface area contributed by atoms with Crippen molar-refractivity contribution in [1.82, 2.24) is 14.8 Å². The molecule has 4 aromatic rings. The van der Waals surface area contributed by atoms with Gasteiger partial charge in [0.25, 0.3) is 5.91 Å². The molecule has 0 bridgehead atoms. The van der Waals surface area contributed by atoms with Gasteiger partial charge in [0.1, 0.15) is 6.04 Å². The number of unbranched alkanes of at least 4 members (excludes halogenated alkanes) is 1. The van der Waals surface area contributed by atoms with Crippen LogP contribution in [0.2, 0.25) is 5.02 Å². The van der Waals surface area contributed by atoms with Crippen LogP contribution in [0.15, 0.2) is 75.5 Å². The van der Waals surface area contributed by atoms with E-state index in [9.17, 15) is 4.79 Å². The normalized spacial score (nSPS) is 14.2. The lowest BCUT2D eigenvalue weighted by molar-refractivity contribution is -0.113. The number of hydrogen-bond acceptors (Lipinski definition) is 7. The van der Waals surface area contributed by atoms with Crippen LogP contribution in [-0.2, 0) is 10.5 Å². The summed E-state index contributed by atoms with van der Waals surface area (Å²) in [7, 11) is 1.61. The van der Waals surface area contributed by atoms with Crippen molar-refractivity contribution in [3.63, 3.8) is 0 Å². The number of fused-ring (bicyclic) bond motifs is 1. The number of nitrogens with zero attached hydrogens (tertiary/aromatic N) is 3. The molecule has 0 aliphatic carbocycles. The Bertz CT molecular complexity index is 1720. The third kappa shape index (κ3) is 6.92. The minimum absolute atomic E-state index is 0.239. The molecule has 0 fully saturated rings. The van der Waals surface area contributed by atoms with Gasteiger partial charge in [-0.25, -0.2) is 4.68 Å². The number of thioether (sulfide) groups is 1. The monoisotopic (exact) mass is 695 g/mol. The number of aryl methyl sites for hydroxylation is 2. The highest BCUT2D eigenvalue weighted by atomic mass is 79.9. The average Bonchev–Trinajstić information content (AvgIpc) is 3.40. The number of carbonyl (C=O) groups excluding carboxylic acids is 1. The smallest absolute Gasteiger partial charge is 0.255 e. The van der Waals surface area contributed by atoms with Gasteiger partial charge in [0.15, 0.2) is 11.5 Å². The van der Waals surface area contributed by atoms with Gasteiger partial charge in [0.2, 0.25) is 11.1 Å². The molecule has 1 amide bonds. The molecule has 0 radical (unpaired) electrons. The molecule has 8 nitrogen and oxygen atoms in total. The summed E-state index contributed by atoms with van der Waals surface area (Å²) in [6.45, 7) is 8.58. The van der Waals surface area contributed by atoms with E-state index in [1.807, 2.05) is 75.4 Å². The number of carbonyl (C=O) groups is 1. The van der Waals surface area contributed by atoms with Crippen LogP contribution in [0.3, 0.4) is 0 Å². The summed E-state index contributed by atoms with van der Waals surface area (Å²) >= 11 is 11.6. The second-order valence-corrected chi connectivity index (χ2v) is 12.8. The minimum Gasteiger partial charge on any atom is -0.493 e. The molecule has 0 saturated carbocycles. The predicted octanol–water partition coefficient (Wildman–Crippen LogP) is 8.72. The van der Waals surface area contributed by atoms with Crippen LogP contribution in [0.5, 0.6) is 11.5 Å². The Morgan fingerprint density at radius 2 is 1.95 bits per heavy atom. The number of methoxy groups -OCH3 is 1. The van der Waals surface area contributed by atoms with Gasteiger partial charge in [-0.05, 0) is 84.1 Å². The van der Waals surface area contributed by atoms with E-state index in [1.54, 1.807) is 11.8 Å². The van der Waals surface area contributed by atoms with Gasteiger partial charge >= 0.3 is 0 Å². The molecular weight excluding hydrogens is 662 g/mol. The predicted molar refractivity (Wildman–Crippen MR) is 181 cm³/mol. The third-order valence-corrected chi connectivity index (χ3v) is 9.18. The molecule has 3 aromatic carbocycles. The van der Waals surface area contributed by atoms with Gasteiger partial charge in [-0.15, -0.1) is 5.10 Å². The summed E-state index contributed by atoms with van der Waals surface area (Å²) < 4.78 is 14.3. The van der Waals surface area contributed by atoms with Crippen molar-refractivity contribution in [1.29, 1.82) is 0 Å². The fourth-order valence-electron chi connectivity index (χ4n) is 5.05. The Hall–Kier alpha value is -3.47. The Kier molecular flexibility index (Phi) is 10.2. The fourth-order valence-corrected chi connectivity index (χ4v) is 6.74. The van der Waals surface area contributed by atoms with Crippen LogP contribution in [0.25, 0.3) is 0 Å². The maximum absolute atomic E-state index is 14.1. The number of amides is 1. The lowest BCUT2D eigenvalue weighted by atomic mass is 9.94. The maximum Gasteiger partial charge on any atom is 0.255 e. The van der Waals surface area contributed by atoms with E-state index < -0.39 is 6.04 Å². The lowest BCUT2D eigenvalue weighted by Gasteiger charge is -2.29. The number of hydrogen-bond donors (Lipinski definition) is 2. The molecule has 44 heavy (non-hydrogen) atoms. The van der Waals surface area contributed by atoms with Crippen molar-refractivity contribution in [2.45, 2.75) is 57.5 Å². The summed E-state index contributed by atoms with van der Waals surface area (Å²) in [4.78, 5) is 18.9. The van der Waals surface area contributed by atoms with Gasteiger partial charge in [0.05, 0.1) is 23.8 Å². The van der Waals surface area contributed by atoms with Crippen LogP contribution in [0.4, 0.5) is 11.6 Å². The van der Waals surface area contributed by atoms with Crippen molar-refractivity contribution < 1.29 is 14.3 Å². The Labute approximate surface area is 275 Å². The fraction of sp³-hybridized carbons (Fsp3) is 0.303. The molecule has 1 aliphatic rings. The van der Waals surface area contributed by atoms with Gasteiger partial charge in [-0.3, -0.25) is 4.79 Å². The van der Waals surface area contributed by atoms with Crippen LogP contribution in [0.1, 0.15) is 55.0 Å². The Balaban J connectivity index is 1.56. The molecule has 1 unspecified atom stereocenters. The molecular formula is C33H35BrClN5O3S. The number of allylic oxidation sites excluding steroid dienone is 1. The van der Waals surface area contributed by atoms with Gasteiger partial charge in [-0.2, -0.15) is 4.98 Å². The second-order valence-electron chi connectivity index (χ2n) is 10.6. The molecule has 1 aliphatic heterocycles. The number of aromatic nitrogens is 3. The average molecular weight is 697 g/mol.